The standard InChI is InChI=1S/C14H17F2N/c1-9-2-5-13(15)12(6-9)14(16)7-10-3-4-11(8-14)17-10/h2,5-6,10-11,17H,3-4,7-8H2,1H3. The zero-order chi connectivity index (χ0) is 12.0. The summed E-state index contributed by atoms with van der Waals surface area (Å²) < 4.78 is 28.8. The number of nitrogens with one attached hydrogen (secondary N) is 1. The molecule has 17 heavy (non-hydrogen) atoms. The molecule has 0 radical (unpaired) electrons. The van der Waals surface area contributed by atoms with E-state index < -0.39 is 11.5 Å². The fourth-order valence-corrected chi connectivity index (χ4v) is 3.29. The molecule has 1 nitrogen and oxygen atoms in total. The zero-order valence-electron chi connectivity index (χ0n) is 9.97. The van der Waals surface area contributed by atoms with Crippen LogP contribution < -0.4 is 5.32 Å². The van der Waals surface area contributed by atoms with E-state index in [0.717, 1.165) is 18.4 Å². The smallest absolute Gasteiger partial charge is 0.141 e. The summed E-state index contributed by atoms with van der Waals surface area (Å²) in [4.78, 5) is 0. The van der Waals surface area contributed by atoms with E-state index in [1.54, 1.807) is 12.1 Å². The lowest BCUT2D eigenvalue weighted by atomic mass is 9.82. The van der Waals surface area contributed by atoms with Gasteiger partial charge in [0.15, 0.2) is 0 Å². The third-order valence-corrected chi connectivity index (χ3v) is 4.08. The minimum Gasteiger partial charge on any atom is -0.311 e. The molecule has 0 aromatic heterocycles. The molecule has 1 aromatic rings. The van der Waals surface area contributed by atoms with Crippen LogP contribution in [0.25, 0.3) is 0 Å². The first kappa shape index (κ1) is 11.1. The largest absolute Gasteiger partial charge is 0.311 e. The maximum absolute atomic E-state index is 15.0. The first-order chi connectivity index (χ1) is 8.07. The molecule has 3 heteroatoms. The molecule has 3 rings (SSSR count). The summed E-state index contributed by atoms with van der Waals surface area (Å²) in [7, 11) is 0. The van der Waals surface area contributed by atoms with Crippen molar-refractivity contribution < 1.29 is 8.78 Å². The minimum absolute atomic E-state index is 0.221. The molecule has 2 aliphatic rings. The topological polar surface area (TPSA) is 12.0 Å². The van der Waals surface area contributed by atoms with Crippen LogP contribution >= 0.6 is 0 Å². The third-order valence-electron chi connectivity index (χ3n) is 4.08. The molecule has 2 unspecified atom stereocenters. The molecule has 2 heterocycles. The van der Waals surface area contributed by atoms with E-state index in [2.05, 4.69) is 5.32 Å². The van der Waals surface area contributed by atoms with Gasteiger partial charge in [-0.1, -0.05) is 11.6 Å². The highest BCUT2D eigenvalue weighted by atomic mass is 19.1. The van der Waals surface area contributed by atoms with E-state index in [4.69, 9.17) is 0 Å². The molecule has 2 aliphatic heterocycles. The van der Waals surface area contributed by atoms with Crippen molar-refractivity contribution in [2.45, 2.75) is 50.4 Å². The van der Waals surface area contributed by atoms with Gasteiger partial charge in [-0.3, -0.25) is 0 Å². The molecule has 0 aliphatic carbocycles. The second kappa shape index (κ2) is 3.77. The van der Waals surface area contributed by atoms with Crippen molar-refractivity contribution in [1.29, 1.82) is 0 Å². The number of rotatable bonds is 1. The molecule has 2 atom stereocenters. The van der Waals surface area contributed by atoms with Gasteiger partial charge in [0.2, 0.25) is 0 Å². The number of fused-ring (bicyclic) bond motifs is 2. The summed E-state index contributed by atoms with van der Waals surface area (Å²) in [6.45, 7) is 1.88. The molecule has 2 saturated heterocycles. The maximum Gasteiger partial charge on any atom is 0.141 e. The Labute approximate surface area is 100 Å². The van der Waals surface area contributed by atoms with Crippen molar-refractivity contribution in [3.63, 3.8) is 0 Å². The minimum atomic E-state index is -1.48. The number of alkyl halides is 1. The second-order valence-electron chi connectivity index (χ2n) is 5.49. The average molecular weight is 237 g/mol. The van der Waals surface area contributed by atoms with E-state index in [1.807, 2.05) is 6.92 Å². The van der Waals surface area contributed by atoms with Gasteiger partial charge in [0.1, 0.15) is 11.5 Å². The number of piperidine rings is 1. The molecule has 92 valence electrons. The number of hydrogen-bond acceptors (Lipinski definition) is 1. The molecule has 2 fully saturated rings. The third kappa shape index (κ3) is 1.86. The predicted molar refractivity (Wildman–Crippen MR) is 63.1 cm³/mol. The molecule has 1 aromatic carbocycles. The lowest BCUT2D eigenvalue weighted by Gasteiger charge is -2.35. The van der Waals surface area contributed by atoms with Crippen LogP contribution in [0.4, 0.5) is 8.78 Å². The molecule has 0 amide bonds. The van der Waals surface area contributed by atoms with Crippen molar-refractivity contribution in [2.75, 3.05) is 0 Å². The van der Waals surface area contributed by atoms with Gasteiger partial charge in [-0.15, -0.1) is 0 Å². The Kier molecular flexibility index (Phi) is 2.47. The predicted octanol–water partition coefficient (Wildman–Crippen LogP) is 3.21. The molecule has 2 bridgehead atoms. The molecular formula is C14H17F2N. The summed E-state index contributed by atoms with van der Waals surface area (Å²) >= 11 is 0. The van der Waals surface area contributed by atoms with E-state index in [-0.39, 0.29) is 17.6 Å². The highest BCUT2D eigenvalue weighted by molar-refractivity contribution is 5.31. The van der Waals surface area contributed by atoms with Crippen molar-refractivity contribution in [1.82, 2.24) is 5.32 Å². The normalized spacial score (nSPS) is 36.2. The van der Waals surface area contributed by atoms with Crippen molar-refractivity contribution >= 4 is 0 Å². The Hall–Kier alpha value is -0.960. The lowest BCUT2D eigenvalue weighted by molar-refractivity contribution is 0.0832. The quantitative estimate of drug-likeness (QED) is 0.790. The summed E-state index contributed by atoms with van der Waals surface area (Å²) in [6, 6.07) is 5.19. The Bertz CT molecular complexity index is 432. The number of aryl methyl sites for hydroxylation is 1. The van der Waals surface area contributed by atoms with Gasteiger partial charge in [0.25, 0.3) is 0 Å². The van der Waals surface area contributed by atoms with Crippen molar-refractivity contribution in [2.24, 2.45) is 0 Å². The van der Waals surface area contributed by atoms with Crippen LogP contribution in [0.15, 0.2) is 18.2 Å². The Balaban J connectivity index is 1.99. The summed E-state index contributed by atoms with van der Waals surface area (Å²) in [5.41, 5.74) is -0.298. The summed E-state index contributed by atoms with van der Waals surface area (Å²) in [5, 5.41) is 3.39. The Morgan fingerprint density at radius 3 is 2.53 bits per heavy atom. The highest BCUT2D eigenvalue weighted by Gasteiger charge is 2.46. The maximum atomic E-state index is 15.0. The van der Waals surface area contributed by atoms with E-state index in [0.29, 0.717) is 12.8 Å². The lowest BCUT2D eigenvalue weighted by Crippen LogP contribution is -2.44. The van der Waals surface area contributed by atoms with E-state index >= 15 is 4.39 Å². The van der Waals surface area contributed by atoms with Crippen LogP contribution in [0, 0.1) is 12.7 Å². The van der Waals surface area contributed by atoms with Crippen LogP contribution in [0.2, 0.25) is 0 Å². The number of benzene rings is 1. The van der Waals surface area contributed by atoms with Gasteiger partial charge in [-0.2, -0.15) is 0 Å². The van der Waals surface area contributed by atoms with Crippen LogP contribution in [0.1, 0.15) is 36.8 Å². The zero-order valence-corrected chi connectivity index (χ0v) is 9.97. The summed E-state index contributed by atoms with van der Waals surface area (Å²) in [5.74, 6) is -0.403. The molecular weight excluding hydrogens is 220 g/mol. The fourth-order valence-electron chi connectivity index (χ4n) is 3.29. The fraction of sp³-hybridized carbons (Fsp3) is 0.571. The first-order valence-corrected chi connectivity index (χ1v) is 6.28. The molecule has 0 spiro atoms. The highest BCUT2D eigenvalue weighted by Crippen LogP contribution is 2.44. The van der Waals surface area contributed by atoms with Crippen molar-refractivity contribution in [3.8, 4) is 0 Å². The van der Waals surface area contributed by atoms with Gasteiger partial charge in [0, 0.05) is 30.5 Å². The van der Waals surface area contributed by atoms with Gasteiger partial charge in [0.05, 0.1) is 0 Å². The second-order valence-corrected chi connectivity index (χ2v) is 5.49. The molecule has 1 N–H and O–H groups in total. The average Bonchev–Trinajstić information content (AvgIpc) is 2.62. The van der Waals surface area contributed by atoms with E-state index in [1.165, 1.54) is 6.07 Å². The van der Waals surface area contributed by atoms with Crippen LogP contribution in [-0.4, -0.2) is 12.1 Å². The SMILES string of the molecule is Cc1ccc(F)c(C2(F)CC3CCC(C2)N3)c1. The van der Waals surface area contributed by atoms with Crippen LogP contribution in [0.3, 0.4) is 0 Å². The number of hydrogen-bond donors (Lipinski definition) is 1. The van der Waals surface area contributed by atoms with Crippen LogP contribution in [0.5, 0.6) is 0 Å². The van der Waals surface area contributed by atoms with Gasteiger partial charge in [-0.25, -0.2) is 8.78 Å². The Morgan fingerprint density at radius 2 is 1.88 bits per heavy atom. The monoisotopic (exact) mass is 237 g/mol. The summed E-state index contributed by atoms with van der Waals surface area (Å²) in [6.07, 6.45) is 2.85. The molecule has 0 saturated carbocycles. The Morgan fingerprint density at radius 1 is 1.24 bits per heavy atom. The van der Waals surface area contributed by atoms with E-state index in [9.17, 15) is 4.39 Å². The first-order valence-electron chi connectivity index (χ1n) is 6.28. The van der Waals surface area contributed by atoms with Crippen molar-refractivity contribution in [3.05, 3.63) is 35.1 Å². The van der Waals surface area contributed by atoms with Gasteiger partial charge < -0.3 is 5.32 Å². The number of halogens is 2. The van der Waals surface area contributed by atoms with Crippen LogP contribution in [-0.2, 0) is 5.67 Å². The van der Waals surface area contributed by atoms with Gasteiger partial charge >= 0.3 is 0 Å². The van der Waals surface area contributed by atoms with Gasteiger partial charge in [-0.05, 0) is 31.9 Å².